The summed E-state index contributed by atoms with van der Waals surface area (Å²) < 4.78 is 8.19. The van der Waals surface area contributed by atoms with Gasteiger partial charge in [0.1, 0.15) is 18.2 Å². The first-order chi connectivity index (χ1) is 12.0. The van der Waals surface area contributed by atoms with E-state index in [2.05, 4.69) is 50.5 Å². The molecular weight excluding hydrogens is 312 g/mol. The van der Waals surface area contributed by atoms with Gasteiger partial charge in [-0.2, -0.15) is 0 Å². The van der Waals surface area contributed by atoms with Crippen molar-refractivity contribution < 1.29 is 9.84 Å². The van der Waals surface area contributed by atoms with Crippen LogP contribution in [0.15, 0.2) is 30.3 Å². The van der Waals surface area contributed by atoms with Crippen molar-refractivity contribution in [3.05, 3.63) is 58.4 Å². The van der Waals surface area contributed by atoms with E-state index < -0.39 is 0 Å². The number of aliphatic hydroxyl groups is 1. The molecule has 0 bridgehead atoms. The molecule has 25 heavy (non-hydrogen) atoms. The average molecular weight is 338 g/mol. The number of rotatable bonds is 6. The maximum Gasteiger partial charge on any atom is 0.122 e. The molecule has 1 heterocycles. The second-order valence-electron chi connectivity index (χ2n) is 6.62. The average Bonchev–Trinajstić information content (AvgIpc) is 2.89. The van der Waals surface area contributed by atoms with Gasteiger partial charge in [0, 0.05) is 6.42 Å². The third-order valence-corrected chi connectivity index (χ3v) is 4.91. The van der Waals surface area contributed by atoms with E-state index in [1.807, 2.05) is 12.1 Å². The lowest BCUT2D eigenvalue weighted by atomic mass is 10.1. The minimum atomic E-state index is 0.0964. The maximum atomic E-state index is 9.36. The van der Waals surface area contributed by atoms with Crippen molar-refractivity contribution in [3.8, 4) is 5.75 Å². The van der Waals surface area contributed by atoms with E-state index in [0.29, 0.717) is 19.6 Å². The van der Waals surface area contributed by atoms with Crippen LogP contribution >= 0.6 is 0 Å². The van der Waals surface area contributed by atoms with Gasteiger partial charge in [-0.1, -0.05) is 12.1 Å². The maximum absolute atomic E-state index is 9.36. The van der Waals surface area contributed by atoms with Gasteiger partial charge in [-0.25, -0.2) is 4.98 Å². The van der Waals surface area contributed by atoms with Gasteiger partial charge in [-0.15, -0.1) is 0 Å². The van der Waals surface area contributed by atoms with Gasteiger partial charge in [-0.3, -0.25) is 0 Å². The van der Waals surface area contributed by atoms with Gasteiger partial charge in [0.2, 0.25) is 0 Å². The van der Waals surface area contributed by atoms with E-state index in [1.165, 1.54) is 22.3 Å². The second-order valence-corrected chi connectivity index (χ2v) is 6.62. The van der Waals surface area contributed by atoms with Crippen LogP contribution in [0.25, 0.3) is 11.0 Å². The summed E-state index contributed by atoms with van der Waals surface area (Å²) in [4.78, 5) is 4.71. The quantitative estimate of drug-likeness (QED) is 0.742. The molecule has 0 spiro atoms. The summed E-state index contributed by atoms with van der Waals surface area (Å²) in [5.74, 6) is 1.84. The summed E-state index contributed by atoms with van der Waals surface area (Å²) in [6.45, 7) is 9.77. The smallest absolute Gasteiger partial charge is 0.122 e. The van der Waals surface area contributed by atoms with Crippen LogP contribution in [0, 0.1) is 27.7 Å². The minimum absolute atomic E-state index is 0.0964. The SMILES string of the molecule is Cc1cc2nc(CCO)n(CCOc3cccc(C)c3C)c2cc1C. The molecule has 4 nitrogen and oxygen atoms in total. The predicted octanol–water partition coefficient (Wildman–Crippen LogP) is 3.88. The van der Waals surface area contributed by atoms with Crippen molar-refractivity contribution in [3.63, 3.8) is 0 Å². The first-order valence-electron chi connectivity index (χ1n) is 8.77. The number of hydrogen-bond acceptors (Lipinski definition) is 3. The van der Waals surface area contributed by atoms with Crippen LogP contribution in [-0.4, -0.2) is 27.9 Å². The Morgan fingerprint density at radius 3 is 2.56 bits per heavy atom. The van der Waals surface area contributed by atoms with Crippen molar-refractivity contribution in [1.29, 1.82) is 0 Å². The number of benzene rings is 2. The van der Waals surface area contributed by atoms with Gasteiger partial charge in [0.05, 0.1) is 24.2 Å². The van der Waals surface area contributed by atoms with Crippen LogP contribution in [0.4, 0.5) is 0 Å². The van der Waals surface area contributed by atoms with Crippen LogP contribution in [-0.2, 0) is 13.0 Å². The lowest BCUT2D eigenvalue weighted by Gasteiger charge is -2.13. The number of imidazole rings is 1. The number of aryl methyl sites for hydroxylation is 3. The number of nitrogens with zero attached hydrogens (tertiary/aromatic N) is 2. The zero-order valence-corrected chi connectivity index (χ0v) is 15.5. The van der Waals surface area contributed by atoms with E-state index in [1.54, 1.807) is 0 Å². The van der Waals surface area contributed by atoms with E-state index in [-0.39, 0.29) is 6.61 Å². The third kappa shape index (κ3) is 3.54. The highest BCUT2D eigenvalue weighted by atomic mass is 16.5. The van der Waals surface area contributed by atoms with Crippen molar-refractivity contribution in [1.82, 2.24) is 9.55 Å². The molecule has 0 saturated carbocycles. The summed E-state index contributed by atoms with van der Waals surface area (Å²) in [7, 11) is 0. The Morgan fingerprint density at radius 2 is 1.80 bits per heavy atom. The molecule has 132 valence electrons. The monoisotopic (exact) mass is 338 g/mol. The van der Waals surface area contributed by atoms with Crippen LogP contribution in [0.3, 0.4) is 0 Å². The Morgan fingerprint density at radius 1 is 1.04 bits per heavy atom. The van der Waals surface area contributed by atoms with Gasteiger partial charge < -0.3 is 14.4 Å². The Kier molecular flexibility index (Phi) is 5.09. The summed E-state index contributed by atoms with van der Waals surface area (Å²) in [6.07, 6.45) is 0.552. The first kappa shape index (κ1) is 17.5. The summed E-state index contributed by atoms with van der Waals surface area (Å²) in [5, 5.41) is 9.36. The molecule has 4 heteroatoms. The Hall–Kier alpha value is -2.33. The van der Waals surface area contributed by atoms with E-state index in [9.17, 15) is 5.11 Å². The van der Waals surface area contributed by atoms with Gasteiger partial charge in [-0.05, 0) is 68.1 Å². The van der Waals surface area contributed by atoms with Crippen molar-refractivity contribution >= 4 is 11.0 Å². The van der Waals surface area contributed by atoms with Crippen LogP contribution < -0.4 is 4.74 Å². The van der Waals surface area contributed by atoms with Crippen LogP contribution in [0.5, 0.6) is 5.75 Å². The fraction of sp³-hybridized carbons (Fsp3) is 0.381. The van der Waals surface area contributed by atoms with Gasteiger partial charge >= 0.3 is 0 Å². The third-order valence-electron chi connectivity index (χ3n) is 4.91. The molecule has 0 aliphatic carbocycles. The summed E-state index contributed by atoms with van der Waals surface area (Å²) in [6, 6.07) is 10.4. The molecule has 0 amide bonds. The fourth-order valence-corrected chi connectivity index (χ4v) is 3.10. The molecule has 0 saturated heterocycles. The zero-order chi connectivity index (χ0) is 18.0. The number of fused-ring (bicyclic) bond motifs is 1. The van der Waals surface area contributed by atoms with Crippen molar-refractivity contribution in [2.45, 2.75) is 40.7 Å². The van der Waals surface area contributed by atoms with Crippen LogP contribution in [0.1, 0.15) is 28.1 Å². The van der Waals surface area contributed by atoms with Crippen LogP contribution in [0.2, 0.25) is 0 Å². The molecule has 0 unspecified atom stereocenters. The molecule has 3 rings (SSSR count). The molecule has 3 aromatic rings. The largest absolute Gasteiger partial charge is 0.491 e. The van der Waals surface area contributed by atoms with E-state index in [4.69, 9.17) is 9.72 Å². The topological polar surface area (TPSA) is 47.3 Å². The molecular formula is C21H26N2O2. The normalized spacial score (nSPS) is 11.2. The lowest BCUT2D eigenvalue weighted by Crippen LogP contribution is -2.12. The van der Waals surface area contributed by atoms with E-state index in [0.717, 1.165) is 22.6 Å². The Bertz CT molecular complexity index is 897. The first-order valence-corrected chi connectivity index (χ1v) is 8.77. The summed E-state index contributed by atoms with van der Waals surface area (Å²) in [5.41, 5.74) is 6.99. The van der Waals surface area contributed by atoms with Gasteiger partial charge in [0.25, 0.3) is 0 Å². The zero-order valence-electron chi connectivity index (χ0n) is 15.5. The Balaban J connectivity index is 1.85. The molecule has 0 atom stereocenters. The standard InChI is InChI=1S/C21H26N2O2/c1-14-6-5-7-20(17(14)4)25-11-9-23-19-13-16(3)15(2)12-18(19)22-21(23)8-10-24/h5-7,12-13,24H,8-11H2,1-4H3. The number of aromatic nitrogens is 2. The van der Waals surface area contributed by atoms with Gasteiger partial charge in [0.15, 0.2) is 0 Å². The van der Waals surface area contributed by atoms with E-state index >= 15 is 0 Å². The second kappa shape index (κ2) is 7.28. The highest BCUT2D eigenvalue weighted by Gasteiger charge is 2.12. The lowest BCUT2D eigenvalue weighted by molar-refractivity contribution is 0.283. The highest BCUT2D eigenvalue weighted by Crippen LogP contribution is 2.23. The number of ether oxygens (including phenoxy) is 1. The number of aliphatic hydroxyl groups excluding tert-OH is 1. The highest BCUT2D eigenvalue weighted by molar-refractivity contribution is 5.78. The van der Waals surface area contributed by atoms with Crippen molar-refractivity contribution in [2.75, 3.05) is 13.2 Å². The Labute approximate surface area is 149 Å². The predicted molar refractivity (Wildman–Crippen MR) is 101 cm³/mol. The molecule has 0 radical (unpaired) electrons. The minimum Gasteiger partial charge on any atom is -0.491 e. The molecule has 0 aliphatic heterocycles. The van der Waals surface area contributed by atoms with Crippen molar-refractivity contribution in [2.24, 2.45) is 0 Å². The molecule has 0 fully saturated rings. The molecule has 1 N–H and O–H groups in total. The molecule has 1 aromatic heterocycles. The molecule has 2 aromatic carbocycles. The fourth-order valence-electron chi connectivity index (χ4n) is 3.10. The molecule has 0 aliphatic rings. The summed E-state index contributed by atoms with van der Waals surface area (Å²) >= 11 is 0. The number of hydrogen-bond donors (Lipinski definition) is 1.